The second-order valence-electron chi connectivity index (χ2n) is 9.28. The molecule has 2 unspecified atom stereocenters. The van der Waals surface area contributed by atoms with E-state index in [0.29, 0.717) is 24.9 Å². The maximum atomic E-state index is 11.3. The topological polar surface area (TPSA) is 146 Å². The largest absolute Gasteiger partial charge is 0.367 e. The number of carbonyl (C=O) groups is 2. The molecule has 32 heavy (non-hydrogen) atoms. The minimum Gasteiger partial charge on any atom is -0.367 e. The summed E-state index contributed by atoms with van der Waals surface area (Å²) in [5.41, 5.74) is 3.96. The second-order valence-corrected chi connectivity index (χ2v) is 10.8. The van der Waals surface area contributed by atoms with Gasteiger partial charge < -0.3 is 16.4 Å². The molecule has 0 radical (unpaired) electrons. The first-order valence-electron chi connectivity index (χ1n) is 11.0. The Hall–Kier alpha value is -2.04. The molecule has 10 nitrogen and oxygen atoms in total. The van der Waals surface area contributed by atoms with Gasteiger partial charge in [0.25, 0.3) is 0 Å². The fraction of sp³-hybridized carbons (Fsp3) is 0.810. The van der Waals surface area contributed by atoms with Crippen LogP contribution >= 0.6 is 15.9 Å². The summed E-state index contributed by atoms with van der Waals surface area (Å²) in [6.07, 6.45) is 1.23. The van der Waals surface area contributed by atoms with E-state index in [-0.39, 0.29) is 5.91 Å². The Kier molecular flexibility index (Phi) is 9.80. The summed E-state index contributed by atoms with van der Waals surface area (Å²) < 4.78 is -0.665. The molecule has 2 aliphatic heterocycles. The van der Waals surface area contributed by atoms with Crippen LogP contribution in [-0.2, 0) is 4.79 Å². The number of alkyl halides is 1. The fourth-order valence-corrected chi connectivity index (χ4v) is 3.08. The van der Waals surface area contributed by atoms with Crippen LogP contribution in [0.15, 0.2) is 20.2 Å². The molecule has 0 fully saturated rings. The van der Waals surface area contributed by atoms with E-state index in [1.807, 2.05) is 46.9 Å². The first-order valence-corrected chi connectivity index (χ1v) is 11.8. The van der Waals surface area contributed by atoms with Crippen molar-refractivity contribution in [3.63, 3.8) is 0 Å². The van der Waals surface area contributed by atoms with E-state index in [9.17, 15) is 9.59 Å². The number of hydrogen-bond acceptors (Lipinski definition) is 8. The molecule has 2 aliphatic rings. The number of azo groups is 1. The Morgan fingerprint density at radius 3 is 1.62 bits per heavy atom. The van der Waals surface area contributed by atoms with Gasteiger partial charge in [-0.25, -0.2) is 4.79 Å². The number of halogens is 1. The maximum Gasteiger partial charge on any atom is 0.318 e. The van der Waals surface area contributed by atoms with E-state index in [1.54, 1.807) is 0 Å². The molecule has 0 spiro atoms. The van der Waals surface area contributed by atoms with E-state index >= 15 is 0 Å². The van der Waals surface area contributed by atoms with Crippen molar-refractivity contribution in [2.24, 2.45) is 25.9 Å². The van der Waals surface area contributed by atoms with Crippen molar-refractivity contribution in [1.82, 2.24) is 16.0 Å². The van der Waals surface area contributed by atoms with E-state index in [0.717, 1.165) is 24.8 Å². The van der Waals surface area contributed by atoms with Crippen molar-refractivity contribution in [3.05, 3.63) is 0 Å². The number of urea groups is 1. The SMILES string of the molecule is CC1CN=C(C(C)(C)N=NC(C)(C)C2=NCC(C)N2)N1.CCC(Br)(CC)C(=O)NC(N)=O. The molecule has 0 saturated heterocycles. The van der Waals surface area contributed by atoms with Crippen LogP contribution in [0.2, 0.25) is 0 Å². The molecule has 182 valence electrons. The molecular weight excluding hydrogens is 476 g/mol. The first kappa shape index (κ1) is 28.0. The van der Waals surface area contributed by atoms with Crippen molar-refractivity contribution in [1.29, 1.82) is 0 Å². The van der Waals surface area contributed by atoms with Gasteiger partial charge in [-0.1, -0.05) is 29.8 Å². The summed E-state index contributed by atoms with van der Waals surface area (Å²) in [5.74, 6) is 1.46. The van der Waals surface area contributed by atoms with E-state index < -0.39 is 21.4 Å². The number of hydrogen-bond donors (Lipinski definition) is 4. The average Bonchev–Trinajstić information content (AvgIpc) is 3.35. The van der Waals surface area contributed by atoms with Gasteiger partial charge in [0.05, 0.1) is 13.1 Å². The van der Waals surface area contributed by atoms with Crippen LogP contribution in [0.5, 0.6) is 0 Å². The molecular formula is C21H39BrN8O2. The Balaban J connectivity index is 0.000000368. The monoisotopic (exact) mass is 514 g/mol. The van der Waals surface area contributed by atoms with Crippen LogP contribution in [0.3, 0.4) is 0 Å². The van der Waals surface area contributed by atoms with Crippen LogP contribution in [0, 0.1) is 0 Å². The van der Waals surface area contributed by atoms with Crippen molar-refractivity contribution in [2.45, 2.75) is 95.7 Å². The minimum atomic E-state index is -0.814. The smallest absolute Gasteiger partial charge is 0.318 e. The van der Waals surface area contributed by atoms with Crippen LogP contribution in [0.25, 0.3) is 0 Å². The van der Waals surface area contributed by atoms with Crippen LogP contribution in [0.1, 0.15) is 68.2 Å². The highest BCUT2D eigenvalue weighted by Crippen LogP contribution is 2.26. The maximum absolute atomic E-state index is 11.3. The van der Waals surface area contributed by atoms with Crippen LogP contribution in [0.4, 0.5) is 4.79 Å². The quantitative estimate of drug-likeness (QED) is 0.305. The molecule has 0 aliphatic carbocycles. The lowest BCUT2D eigenvalue weighted by atomic mass is 10.0. The standard InChI is InChI=1S/C14H26N6.C7H13BrN2O2/c1-9-7-15-11(17-9)13(3,4)19-20-14(5,6)12-16-8-10(2)18-12;1-3-7(8,4-2)5(11)10-6(9)12/h9-10H,7-8H2,1-6H3,(H,15,17)(H,16,18);3-4H2,1-2H3,(H3,9,10,11,12). The number of amidine groups is 2. The number of carbonyl (C=O) groups excluding carboxylic acids is 2. The Morgan fingerprint density at radius 2 is 1.38 bits per heavy atom. The zero-order valence-electron chi connectivity index (χ0n) is 20.5. The van der Waals surface area contributed by atoms with E-state index in [4.69, 9.17) is 5.73 Å². The van der Waals surface area contributed by atoms with Gasteiger partial charge in [0.2, 0.25) is 5.91 Å². The molecule has 3 amide bonds. The number of rotatable bonds is 7. The average molecular weight is 516 g/mol. The lowest BCUT2D eigenvalue weighted by Gasteiger charge is -2.24. The van der Waals surface area contributed by atoms with Crippen LogP contribution in [-0.4, -0.2) is 64.2 Å². The van der Waals surface area contributed by atoms with E-state index in [2.05, 4.69) is 60.6 Å². The van der Waals surface area contributed by atoms with Crippen molar-refractivity contribution >= 4 is 39.5 Å². The molecule has 2 heterocycles. The Bertz CT molecular complexity index is 730. The first-order chi connectivity index (χ1) is 14.7. The Labute approximate surface area is 199 Å². The highest BCUT2D eigenvalue weighted by molar-refractivity contribution is 9.10. The van der Waals surface area contributed by atoms with Gasteiger partial charge in [-0.3, -0.25) is 20.1 Å². The predicted molar refractivity (Wildman–Crippen MR) is 133 cm³/mol. The number of nitrogens with two attached hydrogens (primary N) is 1. The molecule has 0 aromatic rings. The fourth-order valence-electron chi connectivity index (χ4n) is 2.99. The summed E-state index contributed by atoms with van der Waals surface area (Å²) in [6.45, 7) is 17.7. The summed E-state index contributed by atoms with van der Waals surface area (Å²) >= 11 is 3.26. The molecule has 2 rings (SSSR count). The molecule has 5 N–H and O–H groups in total. The highest BCUT2D eigenvalue weighted by Gasteiger charge is 2.34. The van der Waals surface area contributed by atoms with Gasteiger partial charge in [0.1, 0.15) is 27.1 Å². The molecule has 11 heteroatoms. The Morgan fingerprint density at radius 1 is 1.00 bits per heavy atom. The van der Waals surface area contributed by atoms with Gasteiger partial charge in [-0.2, -0.15) is 10.2 Å². The van der Waals surface area contributed by atoms with Gasteiger partial charge in [-0.05, 0) is 54.4 Å². The molecule has 0 aromatic heterocycles. The lowest BCUT2D eigenvalue weighted by Crippen LogP contribution is -2.46. The van der Waals surface area contributed by atoms with E-state index in [1.165, 1.54) is 0 Å². The lowest BCUT2D eigenvalue weighted by molar-refractivity contribution is -0.122. The van der Waals surface area contributed by atoms with Gasteiger partial charge >= 0.3 is 6.03 Å². The van der Waals surface area contributed by atoms with Crippen molar-refractivity contribution < 1.29 is 9.59 Å². The summed E-state index contributed by atoms with van der Waals surface area (Å²) in [7, 11) is 0. The molecule has 0 aromatic carbocycles. The summed E-state index contributed by atoms with van der Waals surface area (Å²) in [5, 5.41) is 17.8. The zero-order valence-corrected chi connectivity index (χ0v) is 22.1. The normalized spacial score (nSPS) is 21.2. The number of aliphatic imine (C=N–C) groups is 2. The number of nitrogens with one attached hydrogen (secondary N) is 3. The third kappa shape index (κ3) is 7.83. The predicted octanol–water partition coefficient (Wildman–Crippen LogP) is 2.91. The summed E-state index contributed by atoms with van der Waals surface area (Å²) in [6, 6.07) is -0.0471. The highest BCUT2D eigenvalue weighted by atomic mass is 79.9. The zero-order chi connectivity index (χ0) is 24.7. The minimum absolute atomic E-state index is 0.375. The van der Waals surface area contributed by atoms with Crippen molar-refractivity contribution in [2.75, 3.05) is 13.1 Å². The van der Waals surface area contributed by atoms with Gasteiger partial charge in [0.15, 0.2) is 0 Å². The van der Waals surface area contributed by atoms with Crippen LogP contribution < -0.4 is 21.7 Å². The third-order valence-corrected chi connectivity index (χ3v) is 6.77. The molecule has 0 bridgehead atoms. The van der Waals surface area contributed by atoms with Gasteiger partial charge in [0, 0.05) is 12.1 Å². The number of nitrogens with zero attached hydrogens (tertiary/aromatic N) is 4. The molecule has 0 saturated carbocycles. The number of amides is 3. The number of imide groups is 1. The third-order valence-electron chi connectivity index (χ3n) is 5.29. The van der Waals surface area contributed by atoms with Gasteiger partial charge in [-0.15, -0.1) is 0 Å². The molecule has 2 atom stereocenters. The number of primary amides is 1. The van der Waals surface area contributed by atoms with Crippen molar-refractivity contribution in [3.8, 4) is 0 Å². The summed E-state index contributed by atoms with van der Waals surface area (Å²) in [4.78, 5) is 30.6. The second kappa shape index (κ2) is 11.2.